The van der Waals surface area contributed by atoms with Crippen LogP contribution in [0.25, 0.3) is 0 Å². The SMILES string of the molecule is O=C1NC(=O)[C@H](c2ccccc2Cl)S1. The fourth-order valence-corrected chi connectivity index (χ4v) is 2.43. The predicted molar refractivity (Wildman–Crippen MR) is 55.3 cm³/mol. The zero-order valence-corrected chi connectivity index (χ0v) is 8.56. The first-order valence-corrected chi connectivity index (χ1v) is 5.20. The monoisotopic (exact) mass is 227 g/mol. The zero-order valence-electron chi connectivity index (χ0n) is 6.99. The Kier molecular flexibility index (Phi) is 2.48. The van der Waals surface area contributed by atoms with E-state index in [4.69, 9.17) is 11.6 Å². The summed E-state index contributed by atoms with van der Waals surface area (Å²) in [4.78, 5) is 22.3. The molecule has 1 aromatic rings. The average molecular weight is 228 g/mol. The summed E-state index contributed by atoms with van der Waals surface area (Å²) in [6.07, 6.45) is 0. The normalized spacial score (nSPS) is 21.1. The van der Waals surface area contributed by atoms with Gasteiger partial charge in [0.25, 0.3) is 5.24 Å². The van der Waals surface area contributed by atoms with Crippen molar-refractivity contribution in [3.63, 3.8) is 0 Å². The van der Waals surface area contributed by atoms with Crippen LogP contribution in [0.15, 0.2) is 24.3 Å². The van der Waals surface area contributed by atoms with E-state index in [1.807, 2.05) is 0 Å². The Balaban J connectivity index is 2.36. The fraction of sp³-hybridized carbons (Fsp3) is 0.111. The number of thioether (sulfide) groups is 1. The molecule has 1 heterocycles. The summed E-state index contributed by atoms with van der Waals surface area (Å²) in [6, 6.07) is 7.02. The van der Waals surface area contributed by atoms with E-state index in [2.05, 4.69) is 5.32 Å². The Hall–Kier alpha value is -1.000. The lowest BCUT2D eigenvalue weighted by Gasteiger charge is -2.06. The smallest absolute Gasteiger partial charge is 0.286 e. The molecule has 0 aromatic heterocycles. The molecule has 1 N–H and O–H groups in total. The molecule has 5 heteroatoms. The molecule has 1 fully saturated rings. The van der Waals surface area contributed by atoms with E-state index in [-0.39, 0.29) is 11.1 Å². The van der Waals surface area contributed by atoms with Crippen LogP contribution in [0, 0.1) is 0 Å². The number of nitrogens with one attached hydrogen (secondary N) is 1. The predicted octanol–water partition coefficient (Wildman–Crippen LogP) is 2.36. The first kappa shape index (κ1) is 9.55. The summed E-state index contributed by atoms with van der Waals surface area (Å²) >= 11 is 6.87. The second-order valence-electron chi connectivity index (χ2n) is 2.80. The maximum atomic E-state index is 11.3. The van der Waals surface area contributed by atoms with Gasteiger partial charge in [0.1, 0.15) is 5.25 Å². The van der Waals surface area contributed by atoms with Gasteiger partial charge >= 0.3 is 0 Å². The number of hydrogen-bond donors (Lipinski definition) is 1. The van der Waals surface area contributed by atoms with Crippen LogP contribution >= 0.6 is 23.4 Å². The quantitative estimate of drug-likeness (QED) is 0.801. The van der Waals surface area contributed by atoms with E-state index in [1.165, 1.54) is 0 Å². The van der Waals surface area contributed by atoms with Gasteiger partial charge in [-0.25, -0.2) is 0 Å². The summed E-state index contributed by atoms with van der Waals surface area (Å²) in [5, 5.41) is 1.91. The van der Waals surface area contributed by atoms with Crippen LogP contribution in [-0.4, -0.2) is 11.1 Å². The lowest BCUT2D eigenvalue weighted by atomic mass is 10.1. The van der Waals surface area contributed by atoms with E-state index >= 15 is 0 Å². The molecule has 0 unspecified atom stereocenters. The van der Waals surface area contributed by atoms with Crippen LogP contribution < -0.4 is 5.32 Å². The Morgan fingerprint density at radius 1 is 1.29 bits per heavy atom. The molecule has 2 rings (SSSR count). The Morgan fingerprint density at radius 3 is 2.57 bits per heavy atom. The summed E-state index contributed by atoms with van der Waals surface area (Å²) < 4.78 is 0. The Labute approximate surface area is 89.8 Å². The molecular formula is C9H6ClNO2S. The largest absolute Gasteiger partial charge is 0.286 e. The van der Waals surface area contributed by atoms with Crippen molar-refractivity contribution in [1.82, 2.24) is 5.32 Å². The molecule has 1 atom stereocenters. The van der Waals surface area contributed by atoms with Crippen LogP contribution in [0.1, 0.15) is 10.8 Å². The topological polar surface area (TPSA) is 46.2 Å². The van der Waals surface area contributed by atoms with Crippen molar-refractivity contribution in [2.45, 2.75) is 5.25 Å². The number of benzene rings is 1. The van der Waals surface area contributed by atoms with Crippen molar-refractivity contribution in [3.8, 4) is 0 Å². The maximum absolute atomic E-state index is 11.3. The van der Waals surface area contributed by atoms with Gasteiger partial charge in [0.2, 0.25) is 5.91 Å². The van der Waals surface area contributed by atoms with Crippen molar-refractivity contribution in [2.75, 3.05) is 0 Å². The van der Waals surface area contributed by atoms with Gasteiger partial charge in [-0.05, 0) is 23.4 Å². The van der Waals surface area contributed by atoms with Crippen LogP contribution in [0.3, 0.4) is 0 Å². The third-order valence-corrected chi connectivity index (χ3v) is 3.24. The first-order valence-electron chi connectivity index (χ1n) is 3.94. The summed E-state index contributed by atoms with van der Waals surface area (Å²) in [5.74, 6) is -0.298. The second-order valence-corrected chi connectivity index (χ2v) is 4.28. The van der Waals surface area contributed by atoms with E-state index in [0.29, 0.717) is 10.6 Å². The second kappa shape index (κ2) is 3.63. The number of hydrogen-bond acceptors (Lipinski definition) is 3. The molecule has 1 aliphatic rings. The molecule has 0 bridgehead atoms. The molecule has 1 saturated heterocycles. The molecule has 0 radical (unpaired) electrons. The molecule has 0 spiro atoms. The van der Waals surface area contributed by atoms with Crippen LogP contribution in [-0.2, 0) is 4.79 Å². The summed E-state index contributed by atoms with van der Waals surface area (Å²) in [7, 11) is 0. The molecule has 2 amide bonds. The number of carbonyl (C=O) groups excluding carboxylic acids is 2. The van der Waals surface area contributed by atoms with Gasteiger partial charge in [0.15, 0.2) is 0 Å². The summed E-state index contributed by atoms with van der Waals surface area (Å²) in [6.45, 7) is 0. The van der Waals surface area contributed by atoms with Crippen molar-refractivity contribution < 1.29 is 9.59 Å². The standard InChI is InChI=1S/C9H6ClNO2S/c10-6-4-2-1-3-5(6)7-8(12)11-9(13)14-7/h1-4,7H,(H,11,12,13)/t7-/m0/s1. The van der Waals surface area contributed by atoms with Crippen molar-refractivity contribution in [2.24, 2.45) is 0 Å². The fourth-order valence-electron chi connectivity index (χ4n) is 1.25. The average Bonchev–Trinajstić information content (AvgIpc) is 2.46. The van der Waals surface area contributed by atoms with Gasteiger partial charge in [-0.1, -0.05) is 29.8 Å². The van der Waals surface area contributed by atoms with E-state index < -0.39 is 5.25 Å². The van der Waals surface area contributed by atoms with Crippen molar-refractivity contribution in [3.05, 3.63) is 34.9 Å². The molecule has 72 valence electrons. The molecule has 1 aliphatic heterocycles. The highest BCUT2D eigenvalue weighted by Crippen LogP contribution is 2.37. The molecule has 3 nitrogen and oxygen atoms in total. The number of rotatable bonds is 1. The number of imide groups is 1. The molecule has 0 saturated carbocycles. The van der Waals surface area contributed by atoms with Gasteiger partial charge in [0, 0.05) is 5.02 Å². The van der Waals surface area contributed by atoms with Crippen LogP contribution in [0.5, 0.6) is 0 Å². The molecule has 14 heavy (non-hydrogen) atoms. The molecule has 1 aromatic carbocycles. The Bertz CT molecular complexity index is 408. The van der Waals surface area contributed by atoms with Gasteiger partial charge in [0.05, 0.1) is 0 Å². The third kappa shape index (κ3) is 1.63. The lowest BCUT2D eigenvalue weighted by molar-refractivity contribution is -0.119. The third-order valence-electron chi connectivity index (χ3n) is 1.88. The highest BCUT2D eigenvalue weighted by Gasteiger charge is 2.33. The van der Waals surface area contributed by atoms with Crippen molar-refractivity contribution >= 4 is 34.5 Å². The van der Waals surface area contributed by atoms with Gasteiger partial charge in [-0.2, -0.15) is 0 Å². The van der Waals surface area contributed by atoms with Gasteiger partial charge in [-0.15, -0.1) is 0 Å². The van der Waals surface area contributed by atoms with Crippen LogP contribution in [0.2, 0.25) is 5.02 Å². The van der Waals surface area contributed by atoms with E-state index in [9.17, 15) is 9.59 Å². The lowest BCUT2D eigenvalue weighted by Crippen LogP contribution is -2.20. The van der Waals surface area contributed by atoms with Crippen LogP contribution in [0.4, 0.5) is 4.79 Å². The number of carbonyl (C=O) groups is 2. The first-order chi connectivity index (χ1) is 6.68. The maximum Gasteiger partial charge on any atom is 0.286 e. The van der Waals surface area contributed by atoms with Gasteiger partial charge < -0.3 is 0 Å². The Morgan fingerprint density at radius 2 is 2.00 bits per heavy atom. The highest BCUT2D eigenvalue weighted by atomic mass is 35.5. The highest BCUT2D eigenvalue weighted by molar-refractivity contribution is 8.15. The number of amides is 2. The zero-order chi connectivity index (χ0) is 10.1. The van der Waals surface area contributed by atoms with E-state index in [0.717, 1.165) is 11.8 Å². The molecule has 0 aliphatic carbocycles. The van der Waals surface area contributed by atoms with E-state index in [1.54, 1.807) is 24.3 Å². The molecular weight excluding hydrogens is 222 g/mol. The van der Waals surface area contributed by atoms with Gasteiger partial charge in [-0.3, -0.25) is 14.9 Å². The minimum absolute atomic E-state index is 0.298. The number of halogens is 1. The minimum Gasteiger partial charge on any atom is -0.286 e. The van der Waals surface area contributed by atoms with Crippen molar-refractivity contribution in [1.29, 1.82) is 0 Å². The summed E-state index contributed by atoms with van der Waals surface area (Å²) in [5.41, 5.74) is 0.683. The minimum atomic E-state index is -0.504.